The van der Waals surface area contributed by atoms with Crippen LogP contribution in [0, 0.1) is 6.92 Å². The molecule has 78 valence electrons. The van der Waals surface area contributed by atoms with Gasteiger partial charge < -0.3 is 0 Å². The monoisotopic (exact) mass is 237 g/mol. The number of hydrogen-bond donors (Lipinski definition) is 0. The number of aryl methyl sites for hydroxylation is 1. The molecule has 1 heterocycles. The fourth-order valence-corrected chi connectivity index (χ4v) is 2.53. The van der Waals surface area contributed by atoms with Gasteiger partial charge in [-0.25, -0.2) is 4.98 Å². The normalized spacial score (nSPS) is 10.5. The van der Waals surface area contributed by atoms with Crippen LogP contribution < -0.4 is 0 Å². The van der Waals surface area contributed by atoms with Crippen LogP contribution in [0.3, 0.4) is 0 Å². The number of rotatable bonds is 3. The van der Waals surface area contributed by atoms with Gasteiger partial charge in [0.05, 0.1) is 10.9 Å². The topological polar surface area (TPSA) is 12.9 Å². The molecular weight excluding hydrogens is 226 g/mol. The van der Waals surface area contributed by atoms with Crippen LogP contribution in [0.15, 0.2) is 30.5 Å². The summed E-state index contributed by atoms with van der Waals surface area (Å²) in [6.07, 6.45) is 2.77. The Morgan fingerprint density at radius 1 is 1.40 bits per heavy atom. The molecule has 0 fully saturated rings. The van der Waals surface area contributed by atoms with Gasteiger partial charge in [-0.15, -0.1) is 22.9 Å². The molecule has 1 nitrogen and oxygen atoms in total. The molecule has 0 spiro atoms. The van der Waals surface area contributed by atoms with E-state index in [9.17, 15) is 0 Å². The van der Waals surface area contributed by atoms with Crippen molar-refractivity contribution >= 4 is 22.9 Å². The lowest BCUT2D eigenvalue weighted by Gasteiger charge is -1.98. The quantitative estimate of drug-likeness (QED) is 0.741. The molecule has 0 aliphatic rings. The van der Waals surface area contributed by atoms with Crippen LogP contribution in [0.4, 0.5) is 0 Å². The van der Waals surface area contributed by atoms with Gasteiger partial charge in [-0.3, -0.25) is 0 Å². The average Bonchev–Trinajstić information content (AvgIpc) is 2.65. The van der Waals surface area contributed by atoms with Crippen molar-refractivity contribution in [2.45, 2.75) is 19.2 Å². The van der Waals surface area contributed by atoms with E-state index in [2.05, 4.69) is 36.2 Å². The van der Waals surface area contributed by atoms with Crippen LogP contribution in [-0.2, 0) is 12.3 Å². The Bertz CT molecular complexity index is 450. The predicted octanol–water partition coefficient (Wildman–Crippen LogP) is 3.78. The maximum absolute atomic E-state index is 5.74. The molecule has 0 bridgehead atoms. The van der Waals surface area contributed by atoms with Crippen LogP contribution in [-0.4, -0.2) is 4.98 Å². The number of halogens is 1. The van der Waals surface area contributed by atoms with Gasteiger partial charge in [0.2, 0.25) is 0 Å². The van der Waals surface area contributed by atoms with Crippen molar-refractivity contribution in [2.24, 2.45) is 0 Å². The highest BCUT2D eigenvalue weighted by Gasteiger charge is 2.02. The number of hydrogen-bond acceptors (Lipinski definition) is 2. The number of benzene rings is 1. The first kappa shape index (κ1) is 10.7. The summed E-state index contributed by atoms with van der Waals surface area (Å²) in [6.45, 7) is 2.11. The molecule has 0 aliphatic heterocycles. The van der Waals surface area contributed by atoms with Gasteiger partial charge in [-0.2, -0.15) is 0 Å². The average molecular weight is 238 g/mol. The minimum atomic E-state index is 0.561. The zero-order valence-electron chi connectivity index (χ0n) is 8.53. The minimum Gasteiger partial charge on any atom is -0.249 e. The molecule has 1 aromatic heterocycles. The third-order valence-electron chi connectivity index (χ3n) is 2.17. The molecule has 15 heavy (non-hydrogen) atoms. The molecule has 2 rings (SSSR count). The van der Waals surface area contributed by atoms with E-state index in [0.717, 1.165) is 16.3 Å². The number of nitrogens with zero attached hydrogens (tertiary/aromatic N) is 1. The summed E-state index contributed by atoms with van der Waals surface area (Å²) >= 11 is 7.43. The first-order valence-electron chi connectivity index (χ1n) is 4.83. The Hall–Kier alpha value is -0.860. The van der Waals surface area contributed by atoms with E-state index in [1.165, 1.54) is 11.1 Å². The van der Waals surface area contributed by atoms with Gasteiger partial charge in [0.15, 0.2) is 0 Å². The molecule has 3 heteroatoms. The Labute approximate surface area is 98.7 Å². The van der Waals surface area contributed by atoms with Gasteiger partial charge in [0.1, 0.15) is 0 Å². The van der Waals surface area contributed by atoms with Gasteiger partial charge in [-0.05, 0) is 12.5 Å². The maximum atomic E-state index is 5.74. The molecule has 0 aliphatic carbocycles. The third-order valence-corrected chi connectivity index (χ3v) is 3.61. The van der Waals surface area contributed by atoms with Crippen molar-refractivity contribution < 1.29 is 0 Å². The van der Waals surface area contributed by atoms with Crippen LogP contribution in [0.1, 0.15) is 21.0 Å². The van der Waals surface area contributed by atoms with Crippen LogP contribution in [0.2, 0.25) is 0 Å². The van der Waals surface area contributed by atoms with Crippen molar-refractivity contribution in [3.05, 3.63) is 51.5 Å². The molecule has 0 saturated heterocycles. The van der Waals surface area contributed by atoms with E-state index in [1.54, 1.807) is 11.3 Å². The van der Waals surface area contributed by atoms with E-state index in [0.29, 0.717) is 5.88 Å². The molecule has 2 aromatic rings. The van der Waals surface area contributed by atoms with E-state index in [4.69, 9.17) is 11.6 Å². The van der Waals surface area contributed by atoms with E-state index >= 15 is 0 Å². The van der Waals surface area contributed by atoms with Crippen LogP contribution in [0.5, 0.6) is 0 Å². The third kappa shape index (κ3) is 2.80. The predicted molar refractivity (Wildman–Crippen MR) is 65.7 cm³/mol. The van der Waals surface area contributed by atoms with E-state index < -0.39 is 0 Å². The van der Waals surface area contributed by atoms with Crippen molar-refractivity contribution in [1.82, 2.24) is 4.98 Å². The van der Waals surface area contributed by atoms with Crippen molar-refractivity contribution in [3.8, 4) is 0 Å². The summed E-state index contributed by atoms with van der Waals surface area (Å²) in [7, 11) is 0. The molecule has 0 N–H and O–H groups in total. The van der Waals surface area contributed by atoms with Gasteiger partial charge in [0, 0.05) is 17.5 Å². The van der Waals surface area contributed by atoms with Crippen LogP contribution in [0.25, 0.3) is 0 Å². The molecule has 0 radical (unpaired) electrons. The molecule has 0 atom stereocenters. The van der Waals surface area contributed by atoms with Crippen molar-refractivity contribution in [2.75, 3.05) is 0 Å². The SMILES string of the molecule is Cc1cccc(Cc2ncc(CCl)s2)c1. The smallest absolute Gasteiger partial charge is 0.0971 e. The van der Waals surface area contributed by atoms with E-state index in [-0.39, 0.29) is 0 Å². The van der Waals surface area contributed by atoms with Crippen molar-refractivity contribution in [1.29, 1.82) is 0 Å². The number of thiazole rings is 1. The molecule has 1 aromatic carbocycles. The van der Waals surface area contributed by atoms with E-state index in [1.807, 2.05) is 6.20 Å². The zero-order chi connectivity index (χ0) is 10.7. The number of aromatic nitrogens is 1. The molecular formula is C12H12ClNS. The minimum absolute atomic E-state index is 0.561. The second-order valence-electron chi connectivity index (χ2n) is 3.52. The summed E-state index contributed by atoms with van der Waals surface area (Å²) in [5.74, 6) is 0.561. The summed E-state index contributed by atoms with van der Waals surface area (Å²) < 4.78 is 0. The summed E-state index contributed by atoms with van der Waals surface area (Å²) in [6, 6.07) is 8.52. The van der Waals surface area contributed by atoms with Gasteiger partial charge >= 0.3 is 0 Å². The standard InChI is InChI=1S/C12H12ClNS/c1-9-3-2-4-10(5-9)6-12-14-8-11(7-13)15-12/h2-5,8H,6-7H2,1H3. The highest BCUT2D eigenvalue weighted by Crippen LogP contribution is 2.18. The molecule has 0 saturated carbocycles. The summed E-state index contributed by atoms with van der Waals surface area (Å²) in [5, 5.41) is 1.14. The first-order valence-corrected chi connectivity index (χ1v) is 6.18. The van der Waals surface area contributed by atoms with Gasteiger partial charge in [0.25, 0.3) is 0 Å². The lowest BCUT2D eigenvalue weighted by Crippen LogP contribution is -1.86. The molecule has 0 amide bonds. The Balaban J connectivity index is 2.14. The summed E-state index contributed by atoms with van der Waals surface area (Å²) in [4.78, 5) is 5.48. The highest BCUT2D eigenvalue weighted by atomic mass is 35.5. The van der Waals surface area contributed by atoms with Crippen LogP contribution >= 0.6 is 22.9 Å². The second-order valence-corrected chi connectivity index (χ2v) is 4.99. The van der Waals surface area contributed by atoms with Crippen molar-refractivity contribution in [3.63, 3.8) is 0 Å². The van der Waals surface area contributed by atoms with Gasteiger partial charge in [-0.1, -0.05) is 29.8 Å². The Morgan fingerprint density at radius 2 is 2.27 bits per heavy atom. The fourth-order valence-electron chi connectivity index (χ4n) is 1.49. The lowest BCUT2D eigenvalue weighted by atomic mass is 10.1. The Morgan fingerprint density at radius 3 is 2.93 bits per heavy atom. The second kappa shape index (κ2) is 4.77. The molecule has 0 unspecified atom stereocenters. The Kier molecular flexibility index (Phi) is 3.39. The highest BCUT2D eigenvalue weighted by molar-refractivity contribution is 7.11. The lowest BCUT2D eigenvalue weighted by molar-refractivity contribution is 1.13. The maximum Gasteiger partial charge on any atom is 0.0971 e. The largest absolute Gasteiger partial charge is 0.249 e. The summed E-state index contributed by atoms with van der Waals surface area (Å²) in [5.41, 5.74) is 2.60. The fraction of sp³-hybridized carbons (Fsp3) is 0.250. The number of alkyl halides is 1. The zero-order valence-corrected chi connectivity index (χ0v) is 10.1. The first-order chi connectivity index (χ1) is 7.28.